The Morgan fingerprint density at radius 1 is 0.950 bits per heavy atom. The van der Waals surface area contributed by atoms with Gasteiger partial charge in [0.1, 0.15) is 4.90 Å². The minimum Gasteiger partial charge on any atom is -0.404 e. The van der Waals surface area contributed by atoms with E-state index >= 15 is 0 Å². The van der Waals surface area contributed by atoms with E-state index in [1.54, 1.807) is 49.2 Å². The number of nitrogens with one attached hydrogen (secondary N) is 1. The lowest BCUT2D eigenvalue weighted by Crippen LogP contribution is -2.36. The molecule has 0 bridgehead atoms. The van der Waals surface area contributed by atoms with E-state index in [2.05, 4.69) is 14.4 Å². The maximum atomic E-state index is 13.0. The number of ether oxygens (including phenoxy) is 1. The van der Waals surface area contributed by atoms with E-state index < -0.39 is 16.4 Å². The van der Waals surface area contributed by atoms with Crippen LogP contribution in [0.3, 0.4) is 0 Å². The number of hydrogen-bond donors (Lipinski definition) is 1. The Morgan fingerprint density at radius 3 is 2.35 bits per heavy atom. The second-order valence-electron chi connectivity index (χ2n) is 8.84. The highest BCUT2D eigenvalue weighted by atomic mass is 32.2. The molecule has 0 aliphatic carbocycles. The molecule has 0 unspecified atom stereocenters. The highest BCUT2D eigenvalue weighted by Crippen LogP contribution is 2.32. The number of halogens is 3. The Hall–Kier alpha value is -4.32. The number of hydrogen-bond acceptors (Lipinski definition) is 6. The third kappa shape index (κ3) is 6.81. The number of benzene rings is 3. The van der Waals surface area contributed by atoms with Crippen molar-refractivity contribution in [1.82, 2.24) is 9.88 Å². The van der Waals surface area contributed by atoms with Crippen LogP contribution in [0, 0.1) is 0 Å². The normalized spacial score (nSPS) is 11.7. The molecule has 210 valence electrons. The van der Waals surface area contributed by atoms with Crippen molar-refractivity contribution in [3.8, 4) is 5.75 Å². The van der Waals surface area contributed by atoms with Gasteiger partial charge in [0.25, 0.3) is 15.9 Å². The summed E-state index contributed by atoms with van der Waals surface area (Å²) in [6, 6.07) is 20.2. The summed E-state index contributed by atoms with van der Waals surface area (Å²) in [6.07, 6.45) is -3.30. The zero-order chi connectivity index (χ0) is 28.9. The van der Waals surface area contributed by atoms with Crippen LogP contribution in [-0.4, -0.2) is 57.3 Å². The number of sulfonamides is 1. The Kier molecular flexibility index (Phi) is 8.48. The molecule has 1 heterocycles. The van der Waals surface area contributed by atoms with Crippen LogP contribution < -0.4 is 14.4 Å². The summed E-state index contributed by atoms with van der Waals surface area (Å²) in [7, 11) is -2.36. The van der Waals surface area contributed by atoms with Gasteiger partial charge in [0.05, 0.1) is 11.2 Å². The van der Waals surface area contributed by atoms with Gasteiger partial charge in [-0.15, -0.1) is 13.2 Å². The Balaban J connectivity index is 1.41. The second kappa shape index (κ2) is 11.8. The molecule has 0 saturated carbocycles. The average molecular weight is 573 g/mol. The molecule has 4 aromatic rings. The average Bonchev–Trinajstić information content (AvgIpc) is 2.92. The van der Waals surface area contributed by atoms with Crippen molar-refractivity contribution in [3.05, 3.63) is 90.6 Å². The maximum absolute atomic E-state index is 13.0. The summed E-state index contributed by atoms with van der Waals surface area (Å²) < 4.78 is 71.2. The van der Waals surface area contributed by atoms with E-state index in [4.69, 9.17) is 0 Å². The molecule has 0 radical (unpaired) electrons. The number of carbonyl (C=O) groups excluding carboxylic acids is 1. The zero-order valence-corrected chi connectivity index (χ0v) is 22.5. The lowest BCUT2D eigenvalue weighted by atomic mass is 10.2. The number of likely N-dealkylation sites (N-methyl/N-ethyl adjacent to an activating group) is 2. The Morgan fingerprint density at radius 2 is 1.65 bits per heavy atom. The molecule has 12 heteroatoms. The molecule has 1 aromatic heterocycles. The van der Waals surface area contributed by atoms with Gasteiger partial charge in [-0.2, -0.15) is 0 Å². The van der Waals surface area contributed by atoms with Gasteiger partial charge in [0.2, 0.25) is 0 Å². The topological polar surface area (TPSA) is 91.8 Å². The van der Waals surface area contributed by atoms with Crippen molar-refractivity contribution >= 4 is 38.2 Å². The number of fused-ring (bicyclic) bond motifs is 1. The first-order valence-electron chi connectivity index (χ1n) is 12.3. The minimum atomic E-state index is -4.83. The summed E-state index contributed by atoms with van der Waals surface area (Å²) in [5, 5.41) is 0.687. The van der Waals surface area contributed by atoms with E-state index in [-0.39, 0.29) is 41.0 Å². The molecule has 0 aliphatic rings. The summed E-state index contributed by atoms with van der Waals surface area (Å²) in [5.74, 6) is -0.647. The lowest BCUT2D eigenvalue weighted by Gasteiger charge is -2.28. The largest absolute Gasteiger partial charge is 0.573 e. The van der Waals surface area contributed by atoms with Crippen LogP contribution in [0.2, 0.25) is 0 Å². The van der Waals surface area contributed by atoms with Crippen LogP contribution in [0.5, 0.6) is 5.75 Å². The summed E-state index contributed by atoms with van der Waals surface area (Å²) in [5.41, 5.74) is 1.20. The number of alkyl halides is 3. The van der Waals surface area contributed by atoms with Crippen LogP contribution in [0.4, 0.5) is 24.5 Å². The molecule has 0 aliphatic heterocycles. The predicted molar refractivity (Wildman–Crippen MR) is 147 cm³/mol. The third-order valence-electron chi connectivity index (χ3n) is 6.13. The van der Waals surface area contributed by atoms with E-state index in [0.29, 0.717) is 23.0 Å². The Labute approximate surface area is 230 Å². The fraction of sp³-hybridized carbons (Fsp3) is 0.214. The molecule has 4 rings (SSSR count). The van der Waals surface area contributed by atoms with Crippen molar-refractivity contribution < 1.29 is 31.1 Å². The molecular weight excluding hydrogens is 545 g/mol. The van der Waals surface area contributed by atoms with Crippen LogP contribution >= 0.6 is 0 Å². The van der Waals surface area contributed by atoms with Gasteiger partial charge < -0.3 is 14.5 Å². The van der Waals surface area contributed by atoms with E-state index in [9.17, 15) is 26.4 Å². The molecule has 0 fully saturated rings. The quantitative estimate of drug-likeness (QED) is 0.269. The van der Waals surface area contributed by atoms with Crippen LogP contribution in [0.25, 0.3) is 10.9 Å². The van der Waals surface area contributed by atoms with Gasteiger partial charge in [0.15, 0.2) is 5.75 Å². The van der Waals surface area contributed by atoms with Gasteiger partial charge in [-0.1, -0.05) is 30.3 Å². The second-order valence-corrected chi connectivity index (χ2v) is 10.5. The number of amides is 1. The summed E-state index contributed by atoms with van der Waals surface area (Å²) >= 11 is 0. The van der Waals surface area contributed by atoms with Crippen molar-refractivity contribution in [2.45, 2.75) is 18.2 Å². The third-order valence-corrected chi connectivity index (χ3v) is 7.55. The molecule has 40 heavy (non-hydrogen) atoms. The molecule has 0 atom stereocenters. The van der Waals surface area contributed by atoms with Crippen LogP contribution in [-0.2, 0) is 10.0 Å². The number of pyridine rings is 1. The Bertz CT molecular complexity index is 1590. The number of anilines is 2. The summed E-state index contributed by atoms with van der Waals surface area (Å²) in [6.45, 7) is 2.66. The molecule has 1 N–H and O–H groups in total. The number of carbonyl (C=O) groups is 1. The van der Waals surface area contributed by atoms with Crippen molar-refractivity contribution in [2.75, 3.05) is 36.3 Å². The maximum Gasteiger partial charge on any atom is 0.573 e. The number of nitrogens with zero attached hydrogens (tertiary/aromatic N) is 3. The van der Waals surface area contributed by atoms with Gasteiger partial charge in [-0.05, 0) is 55.5 Å². The highest BCUT2D eigenvalue weighted by molar-refractivity contribution is 7.93. The van der Waals surface area contributed by atoms with E-state index in [0.717, 1.165) is 0 Å². The van der Waals surface area contributed by atoms with Gasteiger partial charge in [-0.25, -0.2) is 8.42 Å². The van der Waals surface area contributed by atoms with Gasteiger partial charge in [0, 0.05) is 49.5 Å². The molecule has 3 aromatic carbocycles. The predicted octanol–water partition coefficient (Wildman–Crippen LogP) is 5.53. The highest BCUT2D eigenvalue weighted by Gasteiger charge is 2.32. The van der Waals surface area contributed by atoms with Crippen LogP contribution in [0.1, 0.15) is 17.3 Å². The first-order valence-corrected chi connectivity index (χ1v) is 13.8. The standard InChI is InChI=1S/C28H27F3N4O4S/c1-3-35(23-10-4-5-11-24(23)39-28(29,30)31)19-18-34(2)27(36)21-13-15-22(16-14-21)33-40(37,38)25-12-6-8-20-9-7-17-32-26(20)25/h4-17,33H,3,18-19H2,1-2H3. The first kappa shape index (κ1) is 28.7. The molecule has 0 spiro atoms. The minimum absolute atomic E-state index is 0.0353. The van der Waals surface area contributed by atoms with Gasteiger partial charge in [-0.3, -0.25) is 14.5 Å². The summed E-state index contributed by atoms with van der Waals surface area (Å²) in [4.78, 5) is 20.3. The van der Waals surface area contributed by atoms with Crippen molar-refractivity contribution in [1.29, 1.82) is 0 Å². The van der Waals surface area contributed by atoms with Crippen molar-refractivity contribution in [3.63, 3.8) is 0 Å². The van der Waals surface area contributed by atoms with Crippen LogP contribution in [0.15, 0.2) is 90.0 Å². The first-order chi connectivity index (χ1) is 19.0. The van der Waals surface area contributed by atoms with Gasteiger partial charge >= 0.3 is 6.36 Å². The zero-order valence-electron chi connectivity index (χ0n) is 21.7. The number of aromatic nitrogens is 1. The van der Waals surface area contributed by atoms with Crippen molar-refractivity contribution in [2.24, 2.45) is 0 Å². The smallest absolute Gasteiger partial charge is 0.404 e. The monoisotopic (exact) mass is 572 g/mol. The molecule has 0 saturated heterocycles. The fourth-order valence-corrected chi connectivity index (χ4v) is 5.39. The molecule has 1 amide bonds. The van der Waals surface area contributed by atoms with E-state index in [1.165, 1.54) is 59.6 Å². The molecule has 8 nitrogen and oxygen atoms in total. The number of para-hydroxylation sites is 3. The fourth-order valence-electron chi connectivity index (χ4n) is 4.15. The molecular formula is C28H27F3N4O4S. The SMILES string of the molecule is CCN(CCN(C)C(=O)c1ccc(NS(=O)(=O)c2cccc3cccnc23)cc1)c1ccccc1OC(F)(F)F. The van der Waals surface area contributed by atoms with E-state index in [1.807, 2.05) is 0 Å². The lowest BCUT2D eigenvalue weighted by molar-refractivity contribution is -0.274. The number of rotatable bonds is 10.